The van der Waals surface area contributed by atoms with Gasteiger partial charge in [0.05, 0.1) is 11.0 Å². The Morgan fingerprint density at radius 2 is 2.29 bits per heavy atom. The summed E-state index contributed by atoms with van der Waals surface area (Å²) in [4.78, 5) is 10.1. The van der Waals surface area contributed by atoms with E-state index in [1.807, 2.05) is 6.92 Å². The van der Waals surface area contributed by atoms with Gasteiger partial charge in [0.2, 0.25) is 0 Å². The summed E-state index contributed by atoms with van der Waals surface area (Å²) in [5.41, 5.74) is 2.03. The van der Waals surface area contributed by atoms with Crippen LogP contribution in [-0.4, -0.2) is 16.1 Å². The maximum absolute atomic E-state index is 10.5. The van der Waals surface area contributed by atoms with E-state index in [-0.39, 0.29) is 11.6 Å². The van der Waals surface area contributed by atoms with Gasteiger partial charge in [-0.1, -0.05) is 13.0 Å². The molecule has 0 aromatic heterocycles. The molecule has 1 aliphatic rings. The van der Waals surface area contributed by atoms with Gasteiger partial charge in [0.1, 0.15) is 0 Å². The number of non-ortho nitro benzene ring substituents is 1. The van der Waals surface area contributed by atoms with Gasteiger partial charge in [-0.25, -0.2) is 0 Å². The van der Waals surface area contributed by atoms with Crippen molar-refractivity contribution in [2.45, 2.75) is 25.4 Å². The first-order chi connectivity index (χ1) is 6.59. The number of nitrogens with zero attached hydrogens (tertiary/aromatic N) is 1. The molecule has 0 bridgehead atoms. The molecule has 0 unspecified atom stereocenters. The van der Waals surface area contributed by atoms with Crippen molar-refractivity contribution < 1.29 is 10.0 Å². The predicted molar refractivity (Wildman–Crippen MR) is 51.2 cm³/mol. The smallest absolute Gasteiger partial charge is 0.269 e. The Hall–Kier alpha value is -1.42. The lowest BCUT2D eigenvalue weighted by atomic mass is 10.0. The summed E-state index contributed by atoms with van der Waals surface area (Å²) >= 11 is 0. The van der Waals surface area contributed by atoms with Crippen LogP contribution in [0, 0.1) is 10.1 Å². The summed E-state index contributed by atoms with van der Waals surface area (Å²) in [5, 5.41) is 20.1. The fourth-order valence-corrected chi connectivity index (χ4v) is 1.92. The normalized spacial score (nSPS) is 24.7. The van der Waals surface area contributed by atoms with Crippen molar-refractivity contribution in [2.24, 2.45) is 0 Å². The summed E-state index contributed by atoms with van der Waals surface area (Å²) in [6.07, 6.45) is 0.209. The van der Waals surface area contributed by atoms with E-state index in [9.17, 15) is 15.2 Å². The van der Waals surface area contributed by atoms with E-state index >= 15 is 0 Å². The molecule has 2 atom stereocenters. The number of nitro groups is 1. The standard InChI is InChI=1S/C10H11NO3/c1-6-9-5-8(11(13)14)3-2-7(9)4-10(6)12/h2-3,5-6,10,12H,4H2,1H3/t6-,10-/m1/s1. The topological polar surface area (TPSA) is 63.4 Å². The highest BCUT2D eigenvalue weighted by molar-refractivity contribution is 5.45. The Morgan fingerprint density at radius 3 is 2.93 bits per heavy atom. The molecule has 14 heavy (non-hydrogen) atoms. The number of rotatable bonds is 1. The van der Waals surface area contributed by atoms with Crippen molar-refractivity contribution in [3.8, 4) is 0 Å². The van der Waals surface area contributed by atoms with Crippen LogP contribution in [0.4, 0.5) is 5.69 Å². The second-order valence-corrected chi connectivity index (χ2v) is 3.70. The first kappa shape index (κ1) is 9.15. The van der Waals surface area contributed by atoms with Crippen LogP contribution in [-0.2, 0) is 6.42 Å². The number of aliphatic hydroxyl groups excluding tert-OH is 1. The molecule has 0 radical (unpaired) electrons. The monoisotopic (exact) mass is 193 g/mol. The average molecular weight is 193 g/mol. The maximum atomic E-state index is 10.5. The molecule has 1 aliphatic carbocycles. The second-order valence-electron chi connectivity index (χ2n) is 3.70. The van der Waals surface area contributed by atoms with Crippen LogP contribution in [0.1, 0.15) is 24.0 Å². The molecule has 1 aromatic rings. The van der Waals surface area contributed by atoms with Crippen LogP contribution in [0.3, 0.4) is 0 Å². The van der Waals surface area contributed by atoms with Crippen LogP contribution >= 0.6 is 0 Å². The molecule has 0 saturated carbocycles. The number of nitro benzene ring substituents is 1. The molecule has 0 fully saturated rings. The van der Waals surface area contributed by atoms with E-state index < -0.39 is 11.0 Å². The molecule has 4 nitrogen and oxygen atoms in total. The van der Waals surface area contributed by atoms with Crippen molar-refractivity contribution in [3.63, 3.8) is 0 Å². The summed E-state index contributed by atoms with van der Waals surface area (Å²) in [5.74, 6) is 0.00454. The Bertz CT molecular complexity index is 389. The van der Waals surface area contributed by atoms with Gasteiger partial charge >= 0.3 is 0 Å². The largest absolute Gasteiger partial charge is 0.392 e. The van der Waals surface area contributed by atoms with Gasteiger partial charge < -0.3 is 5.11 Å². The zero-order valence-electron chi connectivity index (χ0n) is 7.80. The molecule has 0 saturated heterocycles. The Morgan fingerprint density at radius 1 is 1.57 bits per heavy atom. The molecule has 0 amide bonds. The number of aliphatic hydroxyl groups is 1. The van der Waals surface area contributed by atoms with Crippen molar-refractivity contribution in [1.82, 2.24) is 0 Å². The van der Waals surface area contributed by atoms with Crippen molar-refractivity contribution in [1.29, 1.82) is 0 Å². The summed E-state index contributed by atoms with van der Waals surface area (Å²) in [6, 6.07) is 4.79. The van der Waals surface area contributed by atoms with Gasteiger partial charge in [-0.05, 0) is 17.5 Å². The minimum atomic E-state index is -0.405. The summed E-state index contributed by atoms with van der Waals surface area (Å²) in [7, 11) is 0. The third-order valence-electron chi connectivity index (χ3n) is 2.84. The van der Waals surface area contributed by atoms with Gasteiger partial charge in [-0.3, -0.25) is 10.1 Å². The number of benzene rings is 1. The van der Waals surface area contributed by atoms with Gasteiger partial charge in [-0.15, -0.1) is 0 Å². The molecule has 4 heteroatoms. The van der Waals surface area contributed by atoms with Crippen molar-refractivity contribution >= 4 is 5.69 Å². The molecule has 1 aromatic carbocycles. The SMILES string of the molecule is C[C@@H]1c2cc([N+](=O)[O-])ccc2C[C@H]1O. The number of hydrogen-bond donors (Lipinski definition) is 1. The van der Waals surface area contributed by atoms with Crippen LogP contribution in [0.15, 0.2) is 18.2 Å². The van der Waals surface area contributed by atoms with E-state index in [1.54, 1.807) is 12.1 Å². The van der Waals surface area contributed by atoms with Gasteiger partial charge in [-0.2, -0.15) is 0 Å². The minimum Gasteiger partial charge on any atom is -0.392 e. The molecule has 74 valence electrons. The molecular weight excluding hydrogens is 182 g/mol. The van der Waals surface area contributed by atoms with Crippen molar-refractivity contribution in [3.05, 3.63) is 39.4 Å². The molecule has 0 heterocycles. The van der Waals surface area contributed by atoms with Gasteiger partial charge in [0, 0.05) is 18.1 Å². The fraction of sp³-hybridized carbons (Fsp3) is 0.400. The molecular formula is C10H11NO3. The van der Waals surface area contributed by atoms with Crippen molar-refractivity contribution in [2.75, 3.05) is 0 Å². The summed E-state index contributed by atoms with van der Waals surface area (Å²) in [6.45, 7) is 1.89. The maximum Gasteiger partial charge on any atom is 0.269 e. The lowest BCUT2D eigenvalue weighted by molar-refractivity contribution is -0.384. The van der Waals surface area contributed by atoms with E-state index in [0.29, 0.717) is 6.42 Å². The zero-order chi connectivity index (χ0) is 10.3. The van der Waals surface area contributed by atoms with Crippen LogP contribution in [0.5, 0.6) is 0 Å². The lowest BCUT2D eigenvalue weighted by Crippen LogP contribution is -2.09. The van der Waals surface area contributed by atoms with E-state index in [4.69, 9.17) is 0 Å². The molecule has 0 aliphatic heterocycles. The zero-order valence-corrected chi connectivity index (χ0v) is 7.80. The summed E-state index contributed by atoms with van der Waals surface area (Å²) < 4.78 is 0. The Labute approximate surface area is 81.3 Å². The highest BCUT2D eigenvalue weighted by Gasteiger charge is 2.28. The molecule has 2 rings (SSSR count). The Kier molecular flexibility index (Phi) is 2.00. The fourth-order valence-electron chi connectivity index (χ4n) is 1.92. The van der Waals surface area contributed by atoms with E-state index in [1.165, 1.54) is 6.07 Å². The highest BCUT2D eigenvalue weighted by atomic mass is 16.6. The average Bonchev–Trinajstić information content (AvgIpc) is 2.43. The van der Waals surface area contributed by atoms with Gasteiger partial charge in [0.25, 0.3) is 5.69 Å². The third-order valence-corrected chi connectivity index (χ3v) is 2.84. The van der Waals surface area contributed by atoms with Gasteiger partial charge in [0.15, 0.2) is 0 Å². The number of fused-ring (bicyclic) bond motifs is 1. The first-order valence-electron chi connectivity index (χ1n) is 4.55. The van der Waals surface area contributed by atoms with Crippen LogP contribution in [0.25, 0.3) is 0 Å². The molecule has 1 N–H and O–H groups in total. The van der Waals surface area contributed by atoms with Crippen LogP contribution in [0.2, 0.25) is 0 Å². The quantitative estimate of drug-likeness (QED) is 0.544. The molecule has 0 spiro atoms. The van der Waals surface area contributed by atoms with E-state index in [2.05, 4.69) is 0 Å². The minimum absolute atomic E-state index is 0.00454. The Balaban J connectivity index is 2.46. The predicted octanol–water partition coefficient (Wildman–Crippen LogP) is 1.62. The third kappa shape index (κ3) is 1.28. The lowest BCUT2D eigenvalue weighted by Gasteiger charge is -2.07. The van der Waals surface area contributed by atoms with Crippen LogP contribution < -0.4 is 0 Å². The highest BCUT2D eigenvalue weighted by Crippen LogP contribution is 2.34. The second kappa shape index (κ2) is 3.06. The number of hydrogen-bond acceptors (Lipinski definition) is 3. The van der Waals surface area contributed by atoms with E-state index in [0.717, 1.165) is 11.1 Å². The first-order valence-corrected chi connectivity index (χ1v) is 4.55.